The van der Waals surface area contributed by atoms with E-state index in [0.29, 0.717) is 0 Å². The predicted molar refractivity (Wildman–Crippen MR) is 101 cm³/mol. The van der Waals surface area contributed by atoms with Crippen LogP contribution in [0.15, 0.2) is 24.3 Å². The summed E-state index contributed by atoms with van der Waals surface area (Å²) in [7, 11) is 0. The van der Waals surface area contributed by atoms with Crippen LogP contribution in [0.3, 0.4) is 0 Å². The summed E-state index contributed by atoms with van der Waals surface area (Å²) >= 11 is 6.13. The van der Waals surface area contributed by atoms with Crippen molar-refractivity contribution >= 4 is 17.3 Å². The number of aromatic nitrogens is 4. The van der Waals surface area contributed by atoms with Crippen molar-refractivity contribution in [1.82, 2.24) is 25.1 Å². The normalized spacial score (nSPS) is 17.7. The van der Waals surface area contributed by atoms with Gasteiger partial charge < -0.3 is 4.90 Å². The van der Waals surface area contributed by atoms with Crippen molar-refractivity contribution in [3.63, 3.8) is 0 Å². The molecule has 6 nitrogen and oxygen atoms in total. The molecular formula is C18H27ClN6. The topological polar surface area (TPSA) is 50.1 Å². The van der Waals surface area contributed by atoms with Crippen molar-refractivity contribution in [3.05, 3.63) is 35.1 Å². The molecule has 0 amide bonds. The van der Waals surface area contributed by atoms with Crippen LogP contribution in [0.25, 0.3) is 0 Å². The predicted octanol–water partition coefficient (Wildman–Crippen LogP) is 3.35. The van der Waals surface area contributed by atoms with E-state index in [1.54, 1.807) is 0 Å². The molecule has 25 heavy (non-hydrogen) atoms. The third-order valence-electron chi connectivity index (χ3n) is 4.74. The summed E-state index contributed by atoms with van der Waals surface area (Å²) in [5, 5.41) is 13.3. The summed E-state index contributed by atoms with van der Waals surface area (Å²) < 4.78 is 1.96. The van der Waals surface area contributed by atoms with E-state index in [1.165, 1.54) is 5.69 Å². The van der Waals surface area contributed by atoms with E-state index in [-0.39, 0.29) is 11.6 Å². The first-order chi connectivity index (χ1) is 11.9. The molecule has 1 aromatic carbocycles. The molecule has 1 aromatic heterocycles. The second-order valence-corrected chi connectivity index (χ2v) is 7.98. The fraction of sp³-hybridized carbons (Fsp3) is 0.611. The van der Waals surface area contributed by atoms with Crippen LogP contribution < -0.4 is 4.90 Å². The molecule has 3 rings (SSSR count). The van der Waals surface area contributed by atoms with Gasteiger partial charge in [-0.25, -0.2) is 4.68 Å². The highest BCUT2D eigenvalue weighted by Gasteiger charge is 2.30. The molecule has 1 fully saturated rings. The van der Waals surface area contributed by atoms with Crippen LogP contribution in [0.4, 0.5) is 5.69 Å². The van der Waals surface area contributed by atoms with Crippen molar-refractivity contribution in [3.8, 4) is 0 Å². The Morgan fingerprint density at radius 2 is 1.88 bits per heavy atom. The molecule has 0 bridgehead atoms. The summed E-state index contributed by atoms with van der Waals surface area (Å²) in [6, 6.07) is 8.33. The molecule has 0 radical (unpaired) electrons. The molecule has 2 heterocycles. The van der Waals surface area contributed by atoms with Gasteiger partial charge >= 0.3 is 0 Å². The smallest absolute Gasteiger partial charge is 0.168 e. The molecule has 0 N–H and O–H groups in total. The molecule has 1 aliphatic rings. The summed E-state index contributed by atoms with van der Waals surface area (Å²) in [6.07, 6.45) is 0.994. The summed E-state index contributed by atoms with van der Waals surface area (Å²) in [4.78, 5) is 4.89. The number of benzene rings is 1. The highest BCUT2D eigenvalue weighted by molar-refractivity contribution is 6.30. The van der Waals surface area contributed by atoms with Crippen molar-refractivity contribution in [2.75, 3.05) is 31.1 Å². The van der Waals surface area contributed by atoms with Gasteiger partial charge in [-0.05, 0) is 55.8 Å². The third kappa shape index (κ3) is 3.96. The van der Waals surface area contributed by atoms with Crippen LogP contribution in [0.2, 0.25) is 5.02 Å². The van der Waals surface area contributed by atoms with Crippen LogP contribution in [0, 0.1) is 0 Å². The number of rotatable bonds is 4. The lowest BCUT2D eigenvalue weighted by molar-refractivity contribution is 0.161. The van der Waals surface area contributed by atoms with Gasteiger partial charge in [-0.3, -0.25) is 4.90 Å². The Morgan fingerprint density at radius 1 is 1.16 bits per heavy atom. The number of anilines is 1. The number of tetrazole rings is 1. The molecule has 0 saturated carbocycles. The molecule has 1 unspecified atom stereocenters. The maximum atomic E-state index is 6.13. The van der Waals surface area contributed by atoms with E-state index in [4.69, 9.17) is 11.6 Å². The largest absolute Gasteiger partial charge is 0.369 e. The summed E-state index contributed by atoms with van der Waals surface area (Å²) in [6.45, 7) is 12.5. The minimum atomic E-state index is -0.116. The number of halogens is 1. The maximum Gasteiger partial charge on any atom is 0.168 e. The Labute approximate surface area is 154 Å². The first kappa shape index (κ1) is 18.1. The number of piperazine rings is 1. The van der Waals surface area contributed by atoms with E-state index in [0.717, 1.165) is 43.4 Å². The number of hydrogen-bond acceptors (Lipinski definition) is 5. The first-order valence-electron chi connectivity index (χ1n) is 8.93. The highest BCUT2D eigenvalue weighted by atomic mass is 35.5. The lowest BCUT2D eigenvalue weighted by atomic mass is 10.1. The van der Waals surface area contributed by atoms with E-state index < -0.39 is 0 Å². The van der Waals surface area contributed by atoms with Crippen molar-refractivity contribution in [1.29, 1.82) is 0 Å². The Bertz CT molecular complexity index is 700. The Hall–Kier alpha value is -1.66. The van der Waals surface area contributed by atoms with E-state index in [2.05, 4.69) is 59.1 Å². The number of nitrogens with zero attached hydrogens (tertiary/aromatic N) is 6. The van der Waals surface area contributed by atoms with E-state index in [9.17, 15) is 0 Å². The van der Waals surface area contributed by atoms with Crippen LogP contribution in [0.1, 0.15) is 46.0 Å². The zero-order valence-electron chi connectivity index (χ0n) is 15.5. The van der Waals surface area contributed by atoms with Gasteiger partial charge in [-0.2, -0.15) is 0 Å². The van der Waals surface area contributed by atoms with Crippen LogP contribution >= 0.6 is 11.6 Å². The minimum Gasteiger partial charge on any atom is -0.369 e. The average molecular weight is 363 g/mol. The molecule has 1 aliphatic heterocycles. The van der Waals surface area contributed by atoms with Gasteiger partial charge in [0.2, 0.25) is 0 Å². The number of hydrogen-bond donors (Lipinski definition) is 0. The monoisotopic (exact) mass is 362 g/mol. The fourth-order valence-electron chi connectivity index (χ4n) is 3.45. The fourth-order valence-corrected chi connectivity index (χ4v) is 3.63. The average Bonchev–Trinajstić information content (AvgIpc) is 3.06. The standard InChI is InChI=1S/C18H27ClN6/c1-5-16(17-20-21-22-25(17)18(2,3)4)24-11-9-23(10-12-24)15-8-6-7-14(19)13-15/h6-8,13,16H,5,9-12H2,1-4H3. The molecule has 1 saturated heterocycles. The van der Waals surface area contributed by atoms with Gasteiger partial charge in [0.1, 0.15) is 0 Å². The molecule has 1 atom stereocenters. The molecule has 7 heteroatoms. The van der Waals surface area contributed by atoms with Crippen molar-refractivity contribution in [2.45, 2.75) is 45.7 Å². The summed E-state index contributed by atoms with van der Waals surface area (Å²) in [5.41, 5.74) is 1.08. The van der Waals surface area contributed by atoms with Gasteiger partial charge in [0, 0.05) is 36.9 Å². The van der Waals surface area contributed by atoms with Crippen molar-refractivity contribution in [2.24, 2.45) is 0 Å². The SMILES string of the molecule is CCC(c1nnnn1C(C)(C)C)N1CCN(c2cccc(Cl)c2)CC1. The second-order valence-electron chi connectivity index (χ2n) is 7.55. The molecule has 0 aliphatic carbocycles. The third-order valence-corrected chi connectivity index (χ3v) is 4.98. The Balaban J connectivity index is 1.72. The molecule has 2 aromatic rings. The van der Waals surface area contributed by atoms with Gasteiger partial charge in [0.05, 0.1) is 11.6 Å². The maximum absolute atomic E-state index is 6.13. The van der Waals surface area contributed by atoms with Crippen LogP contribution in [-0.2, 0) is 5.54 Å². The van der Waals surface area contributed by atoms with Gasteiger partial charge in [-0.1, -0.05) is 24.6 Å². The Kier molecular flexibility index (Phi) is 5.29. The first-order valence-corrected chi connectivity index (χ1v) is 9.31. The van der Waals surface area contributed by atoms with Gasteiger partial charge in [-0.15, -0.1) is 5.10 Å². The zero-order chi connectivity index (χ0) is 18.0. The zero-order valence-corrected chi connectivity index (χ0v) is 16.2. The molecular weight excluding hydrogens is 336 g/mol. The second kappa shape index (κ2) is 7.30. The lowest BCUT2D eigenvalue weighted by Gasteiger charge is -2.40. The van der Waals surface area contributed by atoms with Gasteiger partial charge in [0.15, 0.2) is 5.82 Å². The van der Waals surface area contributed by atoms with Crippen LogP contribution in [-0.4, -0.2) is 51.3 Å². The lowest BCUT2D eigenvalue weighted by Crippen LogP contribution is -2.48. The highest BCUT2D eigenvalue weighted by Crippen LogP contribution is 2.28. The van der Waals surface area contributed by atoms with E-state index in [1.807, 2.05) is 22.9 Å². The Morgan fingerprint density at radius 3 is 2.48 bits per heavy atom. The summed E-state index contributed by atoms with van der Waals surface area (Å²) in [5.74, 6) is 0.964. The molecule has 136 valence electrons. The molecule has 0 spiro atoms. The minimum absolute atomic E-state index is 0.116. The van der Waals surface area contributed by atoms with E-state index >= 15 is 0 Å². The van der Waals surface area contributed by atoms with Crippen LogP contribution in [0.5, 0.6) is 0 Å². The van der Waals surface area contributed by atoms with Crippen molar-refractivity contribution < 1.29 is 0 Å². The quantitative estimate of drug-likeness (QED) is 0.834. The van der Waals surface area contributed by atoms with Gasteiger partial charge in [0.25, 0.3) is 0 Å².